The molecule has 11 heteroatoms. The zero-order valence-electron chi connectivity index (χ0n) is 21.8. The van der Waals surface area contributed by atoms with Crippen LogP contribution in [0.2, 0.25) is 0 Å². The summed E-state index contributed by atoms with van der Waals surface area (Å²) >= 11 is 0. The number of aliphatic hydroxyl groups is 2. The van der Waals surface area contributed by atoms with E-state index in [4.69, 9.17) is 29.2 Å². The highest BCUT2D eigenvalue weighted by Gasteiger charge is 2.17. The molecular formula is C28H34N3O8+. The number of aryl methyl sites for hydroxylation is 1. The lowest BCUT2D eigenvalue weighted by molar-refractivity contribution is -0.672. The van der Waals surface area contributed by atoms with Crippen molar-refractivity contribution in [3.8, 4) is 11.5 Å². The maximum atomic E-state index is 12.9. The number of hydrogen-bond donors (Lipinski definition) is 3. The number of quaternary nitrogens is 1. The molecule has 0 saturated heterocycles. The number of carbonyl (C=O) groups is 1. The summed E-state index contributed by atoms with van der Waals surface area (Å²) in [6.45, 7) is 1.88. The second-order valence-corrected chi connectivity index (χ2v) is 8.34. The first kappa shape index (κ1) is 29.7. The van der Waals surface area contributed by atoms with Gasteiger partial charge in [-0.05, 0) is 42.5 Å². The molecule has 0 saturated carbocycles. The van der Waals surface area contributed by atoms with Crippen molar-refractivity contribution in [2.24, 2.45) is 12.0 Å². The van der Waals surface area contributed by atoms with Crippen LogP contribution in [0.25, 0.3) is 0 Å². The Morgan fingerprint density at radius 2 is 1.36 bits per heavy atom. The van der Waals surface area contributed by atoms with Crippen LogP contribution >= 0.6 is 0 Å². The first-order valence-electron chi connectivity index (χ1n) is 12.5. The van der Waals surface area contributed by atoms with Gasteiger partial charge in [0.2, 0.25) is 0 Å². The third-order valence-electron chi connectivity index (χ3n) is 5.24. The van der Waals surface area contributed by atoms with Crippen molar-refractivity contribution in [1.29, 1.82) is 0 Å². The lowest BCUT2D eigenvalue weighted by atomic mass is 10.1. The van der Waals surface area contributed by atoms with Crippen LogP contribution in [0, 0.1) is 0 Å². The molecule has 208 valence electrons. The number of nitrogens with zero attached hydrogens (tertiary/aromatic N) is 2. The Labute approximate surface area is 226 Å². The molecule has 2 aromatic carbocycles. The van der Waals surface area contributed by atoms with Crippen LogP contribution in [0.1, 0.15) is 15.9 Å². The van der Waals surface area contributed by atoms with Crippen molar-refractivity contribution in [3.05, 3.63) is 78.1 Å². The number of aromatic nitrogens is 1. The molecule has 0 aliphatic heterocycles. The fourth-order valence-corrected chi connectivity index (χ4v) is 3.43. The Kier molecular flexibility index (Phi) is 12.3. The van der Waals surface area contributed by atoms with Gasteiger partial charge in [-0.2, -0.15) is 0 Å². The monoisotopic (exact) mass is 540 g/mol. The molecule has 3 aromatic rings. The average molecular weight is 541 g/mol. The van der Waals surface area contributed by atoms with Crippen molar-refractivity contribution in [2.45, 2.75) is 0 Å². The van der Waals surface area contributed by atoms with Gasteiger partial charge in [0.25, 0.3) is 0 Å². The van der Waals surface area contributed by atoms with Crippen molar-refractivity contribution < 1.29 is 48.9 Å². The summed E-state index contributed by atoms with van der Waals surface area (Å²) in [4.78, 5) is 17.1. The minimum Gasteiger partial charge on any atom is -0.858 e. The van der Waals surface area contributed by atoms with Gasteiger partial charge in [-0.1, -0.05) is 0 Å². The van der Waals surface area contributed by atoms with Crippen molar-refractivity contribution >= 4 is 23.2 Å². The number of benzene rings is 2. The number of nitrogens with two attached hydrogens (primary N) is 1. The number of aliphatic hydroxyl groups excluding tert-OH is 2. The highest BCUT2D eigenvalue weighted by atomic mass is 16.5. The Bertz CT molecular complexity index is 1200. The maximum absolute atomic E-state index is 12.9. The maximum Gasteiger partial charge on any atom is 0.353 e. The van der Waals surface area contributed by atoms with Crippen LogP contribution in [0.15, 0.2) is 72.0 Å². The largest absolute Gasteiger partial charge is 0.858 e. The summed E-state index contributed by atoms with van der Waals surface area (Å²) in [6.07, 6.45) is 3.26. The minimum absolute atomic E-state index is 0.0307. The Hall–Kier alpha value is -3.87. The van der Waals surface area contributed by atoms with Gasteiger partial charge in [0.1, 0.15) is 43.0 Å². The molecular weight excluding hydrogens is 506 g/mol. The fourth-order valence-electron chi connectivity index (χ4n) is 3.43. The van der Waals surface area contributed by atoms with Crippen LogP contribution in [0.4, 0.5) is 11.4 Å². The smallest absolute Gasteiger partial charge is 0.353 e. The molecule has 4 N–H and O–H groups in total. The van der Waals surface area contributed by atoms with Gasteiger partial charge < -0.3 is 34.3 Å². The number of carbonyl (C=O) groups excluding carboxylic acids is 1. The first-order valence-corrected chi connectivity index (χ1v) is 12.5. The van der Waals surface area contributed by atoms with Gasteiger partial charge >= 0.3 is 5.91 Å². The predicted molar refractivity (Wildman–Crippen MR) is 139 cm³/mol. The minimum atomic E-state index is -0.476. The zero-order valence-corrected chi connectivity index (χ0v) is 21.8. The SMILES string of the molecule is C[n+]1cc(C(=O)[NH2+]c2ccc(OCCOCCO)cc2)cc(C([O-])=Nc2ccc(OCCOCCO)cc2)c1. The van der Waals surface area contributed by atoms with Gasteiger partial charge in [0, 0.05) is 18.0 Å². The average Bonchev–Trinajstić information content (AvgIpc) is 2.94. The second kappa shape index (κ2) is 16.2. The van der Waals surface area contributed by atoms with E-state index in [0.29, 0.717) is 54.9 Å². The number of aliphatic imine (C=N–C) groups is 1. The van der Waals surface area contributed by atoms with E-state index in [1.807, 2.05) is 0 Å². The Balaban J connectivity index is 1.58. The molecule has 1 aromatic heterocycles. The lowest BCUT2D eigenvalue weighted by Crippen LogP contribution is -2.82. The van der Waals surface area contributed by atoms with E-state index in [1.165, 1.54) is 11.4 Å². The summed E-state index contributed by atoms with van der Waals surface area (Å²) < 4.78 is 23.1. The zero-order chi connectivity index (χ0) is 27.9. The number of rotatable bonds is 16. The molecule has 0 aliphatic rings. The second-order valence-electron chi connectivity index (χ2n) is 8.34. The van der Waals surface area contributed by atoms with E-state index in [1.54, 1.807) is 72.5 Å². The van der Waals surface area contributed by atoms with Crippen molar-refractivity contribution in [2.75, 3.05) is 52.9 Å². The summed E-state index contributed by atoms with van der Waals surface area (Å²) in [5.41, 5.74) is 1.78. The van der Waals surface area contributed by atoms with E-state index in [0.717, 1.165) is 0 Å². The summed E-state index contributed by atoms with van der Waals surface area (Å²) in [6, 6.07) is 15.3. The molecule has 0 fully saturated rings. The molecule has 1 amide bonds. The van der Waals surface area contributed by atoms with Crippen LogP contribution in [-0.4, -0.2) is 74.9 Å². The van der Waals surface area contributed by atoms with Gasteiger partial charge in [-0.3, -0.25) is 4.99 Å². The van der Waals surface area contributed by atoms with Crippen LogP contribution in [-0.2, 0) is 16.5 Å². The Morgan fingerprint density at radius 3 is 1.92 bits per heavy atom. The van der Waals surface area contributed by atoms with E-state index < -0.39 is 5.90 Å². The van der Waals surface area contributed by atoms with Gasteiger partial charge in [-0.15, -0.1) is 0 Å². The molecule has 0 unspecified atom stereocenters. The molecule has 1 heterocycles. The molecule has 39 heavy (non-hydrogen) atoms. The highest BCUT2D eigenvalue weighted by Crippen LogP contribution is 2.19. The number of pyridine rings is 1. The van der Waals surface area contributed by atoms with E-state index in [2.05, 4.69) is 4.99 Å². The topological polar surface area (TPSA) is 150 Å². The third-order valence-corrected chi connectivity index (χ3v) is 5.24. The summed E-state index contributed by atoms with van der Waals surface area (Å²) in [5.74, 6) is 0.515. The summed E-state index contributed by atoms with van der Waals surface area (Å²) in [5, 5.41) is 31.7. The predicted octanol–water partition coefficient (Wildman–Crippen LogP) is -0.240. The molecule has 0 radical (unpaired) electrons. The molecule has 11 nitrogen and oxygen atoms in total. The number of hydrogen-bond acceptors (Lipinski definition) is 9. The quantitative estimate of drug-likeness (QED) is 0.0741. The summed E-state index contributed by atoms with van der Waals surface area (Å²) in [7, 11) is 1.74. The van der Waals surface area contributed by atoms with E-state index in [-0.39, 0.29) is 37.9 Å². The molecule has 0 atom stereocenters. The van der Waals surface area contributed by atoms with Gasteiger partial charge in [-0.25, -0.2) is 14.7 Å². The highest BCUT2D eigenvalue weighted by molar-refractivity contribution is 5.95. The molecule has 0 bridgehead atoms. The standard InChI is InChI=1S/C28H33N3O8/c1-31-19-21(27(34)29-23-2-6-25(7-3-23)38-16-14-36-12-10-32)18-22(20-31)28(35)30-24-4-8-26(9-5-24)39-17-15-37-13-11-33/h2-9,18-20,32-33H,10-17H2,1H3,(H-,29,30,34,35)/p+1. The van der Waals surface area contributed by atoms with Crippen LogP contribution < -0.4 is 24.5 Å². The fraction of sp³-hybridized carbons (Fsp3) is 0.321. The molecule has 3 rings (SSSR count). The van der Waals surface area contributed by atoms with Crippen molar-refractivity contribution in [3.63, 3.8) is 0 Å². The first-order chi connectivity index (χ1) is 19.0. The normalized spacial score (nSPS) is 11.4. The van der Waals surface area contributed by atoms with Gasteiger partial charge in [0.05, 0.1) is 50.9 Å². The molecule has 0 spiro atoms. The Morgan fingerprint density at radius 1 is 0.821 bits per heavy atom. The number of primary amides is 1. The van der Waals surface area contributed by atoms with E-state index in [9.17, 15) is 9.90 Å². The third kappa shape index (κ3) is 10.4. The van der Waals surface area contributed by atoms with Crippen LogP contribution in [0.3, 0.4) is 0 Å². The number of ether oxygens (including phenoxy) is 4. The molecule has 0 aliphatic carbocycles. The van der Waals surface area contributed by atoms with Crippen molar-refractivity contribution in [1.82, 2.24) is 0 Å². The van der Waals surface area contributed by atoms with E-state index >= 15 is 0 Å². The van der Waals surface area contributed by atoms with Gasteiger partial charge in [0.15, 0.2) is 12.4 Å². The number of amides is 1. The van der Waals surface area contributed by atoms with Crippen LogP contribution in [0.5, 0.6) is 11.5 Å². The lowest BCUT2D eigenvalue weighted by Gasteiger charge is -2.11.